The number of hydrogen-bond acceptors (Lipinski definition) is 3. The number of halogens is 1. The molecule has 0 spiro atoms. The van der Waals surface area contributed by atoms with Crippen LogP contribution in [-0.2, 0) is 4.79 Å². The number of carbonyl (C=O) groups is 2. The summed E-state index contributed by atoms with van der Waals surface area (Å²) in [5, 5.41) is 15.0. The highest BCUT2D eigenvalue weighted by molar-refractivity contribution is 9.10. The predicted octanol–water partition coefficient (Wildman–Crippen LogP) is 1.41. The minimum Gasteiger partial charge on any atom is -0.507 e. The number of amides is 2. The second kappa shape index (κ2) is 6.06. The number of nitrogens with one attached hydrogen (secondary N) is 2. The highest BCUT2D eigenvalue weighted by atomic mass is 79.9. The summed E-state index contributed by atoms with van der Waals surface area (Å²) in [4.78, 5) is 23.2. The van der Waals surface area contributed by atoms with Crippen molar-refractivity contribution in [3.8, 4) is 5.75 Å². The summed E-state index contributed by atoms with van der Waals surface area (Å²) in [5.74, 6) is -0.202. The summed E-state index contributed by atoms with van der Waals surface area (Å²) < 4.78 is 0.720. The SMILES string of the molecule is O=C(NCCNC(=O)C1CC1)c1cc(Br)ccc1O. The normalized spacial score (nSPS) is 13.9. The minimum atomic E-state index is -0.362. The maximum absolute atomic E-state index is 11.8. The third kappa shape index (κ3) is 3.96. The molecule has 1 aliphatic rings. The molecule has 2 rings (SSSR count). The molecule has 102 valence electrons. The molecule has 3 N–H and O–H groups in total. The lowest BCUT2D eigenvalue weighted by Gasteiger charge is -2.08. The highest BCUT2D eigenvalue weighted by Crippen LogP contribution is 2.28. The Bertz CT molecular complexity index is 501. The maximum Gasteiger partial charge on any atom is 0.255 e. The fourth-order valence-corrected chi connectivity index (χ4v) is 2.00. The first-order valence-electron chi connectivity index (χ1n) is 6.12. The molecule has 1 saturated carbocycles. The van der Waals surface area contributed by atoms with Crippen molar-refractivity contribution in [1.29, 1.82) is 0 Å². The van der Waals surface area contributed by atoms with E-state index in [1.807, 2.05) is 0 Å². The molecule has 1 fully saturated rings. The molecule has 0 atom stereocenters. The van der Waals surface area contributed by atoms with Crippen molar-refractivity contribution in [2.75, 3.05) is 13.1 Å². The monoisotopic (exact) mass is 326 g/mol. The van der Waals surface area contributed by atoms with E-state index in [1.54, 1.807) is 12.1 Å². The summed E-state index contributed by atoms with van der Waals surface area (Å²) in [5.41, 5.74) is 0.211. The number of phenolic OH excluding ortho intramolecular Hbond substituents is 1. The van der Waals surface area contributed by atoms with Gasteiger partial charge in [-0.25, -0.2) is 0 Å². The van der Waals surface area contributed by atoms with Crippen LogP contribution in [0.3, 0.4) is 0 Å². The van der Waals surface area contributed by atoms with Crippen molar-refractivity contribution in [3.05, 3.63) is 28.2 Å². The van der Waals surface area contributed by atoms with Crippen LogP contribution >= 0.6 is 15.9 Å². The highest BCUT2D eigenvalue weighted by Gasteiger charge is 2.29. The van der Waals surface area contributed by atoms with Gasteiger partial charge in [-0.15, -0.1) is 0 Å². The number of carbonyl (C=O) groups excluding carboxylic acids is 2. The van der Waals surface area contributed by atoms with Gasteiger partial charge in [0.25, 0.3) is 5.91 Å². The number of hydrogen-bond donors (Lipinski definition) is 3. The third-order valence-corrected chi connectivity index (χ3v) is 3.35. The van der Waals surface area contributed by atoms with Gasteiger partial charge in [-0.3, -0.25) is 9.59 Å². The zero-order valence-corrected chi connectivity index (χ0v) is 11.9. The molecule has 19 heavy (non-hydrogen) atoms. The molecule has 6 heteroatoms. The molecular weight excluding hydrogens is 312 g/mol. The van der Waals surface area contributed by atoms with Gasteiger partial charge < -0.3 is 15.7 Å². The third-order valence-electron chi connectivity index (χ3n) is 2.86. The summed E-state index contributed by atoms with van der Waals surface area (Å²) in [6.07, 6.45) is 1.92. The van der Waals surface area contributed by atoms with Gasteiger partial charge in [-0.2, -0.15) is 0 Å². The van der Waals surface area contributed by atoms with Crippen LogP contribution in [0.5, 0.6) is 5.75 Å². The Balaban J connectivity index is 1.77. The van der Waals surface area contributed by atoms with Crippen LogP contribution in [-0.4, -0.2) is 30.0 Å². The van der Waals surface area contributed by atoms with Gasteiger partial charge in [0.2, 0.25) is 5.91 Å². The van der Waals surface area contributed by atoms with Crippen molar-refractivity contribution < 1.29 is 14.7 Å². The Morgan fingerprint density at radius 3 is 2.63 bits per heavy atom. The van der Waals surface area contributed by atoms with E-state index in [9.17, 15) is 14.7 Å². The summed E-state index contributed by atoms with van der Waals surface area (Å²) in [7, 11) is 0. The smallest absolute Gasteiger partial charge is 0.255 e. The van der Waals surface area contributed by atoms with Crippen LogP contribution in [0.4, 0.5) is 0 Å². The summed E-state index contributed by atoms with van der Waals surface area (Å²) >= 11 is 3.24. The molecule has 5 nitrogen and oxygen atoms in total. The standard InChI is InChI=1S/C13H15BrN2O3/c14-9-3-4-11(17)10(7-9)13(19)16-6-5-15-12(18)8-1-2-8/h3-4,7-8,17H,1-2,5-6H2,(H,15,18)(H,16,19). The van der Waals surface area contributed by atoms with Gasteiger partial charge in [-0.1, -0.05) is 15.9 Å². The van der Waals surface area contributed by atoms with Crippen LogP contribution < -0.4 is 10.6 Å². The zero-order chi connectivity index (χ0) is 13.8. The van der Waals surface area contributed by atoms with Gasteiger partial charge >= 0.3 is 0 Å². The van der Waals surface area contributed by atoms with Crippen LogP contribution in [0.15, 0.2) is 22.7 Å². The summed E-state index contributed by atoms with van der Waals surface area (Å²) in [6, 6.07) is 4.66. The largest absolute Gasteiger partial charge is 0.507 e. The van der Waals surface area contributed by atoms with Crippen molar-refractivity contribution in [1.82, 2.24) is 10.6 Å². The quantitative estimate of drug-likeness (QED) is 0.716. The lowest BCUT2D eigenvalue weighted by molar-refractivity contribution is -0.122. The topological polar surface area (TPSA) is 78.4 Å². The molecule has 2 amide bonds. The van der Waals surface area contributed by atoms with E-state index in [0.29, 0.717) is 13.1 Å². The van der Waals surface area contributed by atoms with E-state index in [4.69, 9.17) is 0 Å². The molecular formula is C13H15BrN2O3. The van der Waals surface area contributed by atoms with E-state index in [1.165, 1.54) is 6.07 Å². The molecule has 1 aromatic rings. The molecule has 0 aromatic heterocycles. The number of aromatic hydroxyl groups is 1. The molecule has 0 heterocycles. The molecule has 0 unspecified atom stereocenters. The number of rotatable bonds is 5. The second-order valence-electron chi connectivity index (χ2n) is 4.48. The lowest BCUT2D eigenvalue weighted by Crippen LogP contribution is -2.35. The van der Waals surface area contributed by atoms with Gasteiger partial charge in [0, 0.05) is 23.5 Å². The van der Waals surface area contributed by atoms with Crippen LogP contribution in [0.25, 0.3) is 0 Å². The zero-order valence-electron chi connectivity index (χ0n) is 10.3. The fraction of sp³-hybridized carbons (Fsp3) is 0.385. The van der Waals surface area contributed by atoms with E-state index in [0.717, 1.165) is 17.3 Å². The number of benzene rings is 1. The van der Waals surface area contributed by atoms with Crippen LogP contribution in [0, 0.1) is 5.92 Å². The average molecular weight is 327 g/mol. The predicted molar refractivity (Wildman–Crippen MR) is 73.9 cm³/mol. The van der Waals surface area contributed by atoms with Gasteiger partial charge in [0.15, 0.2) is 0 Å². The van der Waals surface area contributed by atoms with E-state index in [-0.39, 0.29) is 29.0 Å². The first kappa shape index (κ1) is 13.9. The molecule has 0 saturated heterocycles. The van der Waals surface area contributed by atoms with Crippen molar-refractivity contribution in [3.63, 3.8) is 0 Å². The van der Waals surface area contributed by atoms with E-state index >= 15 is 0 Å². The fourth-order valence-electron chi connectivity index (χ4n) is 1.64. The molecule has 0 radical (unpaired) electrons. The molecule has 0 aliphatic heterocycles. The summed E-state index contributed by atoms with van der Waals surface area (Å²) in [6.45, 7) is 0.735. The number of phenols is 1. The molecule has 1 aliphatic carbocycles. The molecule has 1 aromatic carbocycles. The van der Waals surface area contributed by atoms with Gasteiger partial charge in [0.05, 0.1) is 5.56 Å². The molecule has 0 bridgehead atoms. The van der Waals surface area contributed by atoms with E-state index < -0.39 is 0 Å². The Labute approximate surface area is 119 Å². The van der Waals surface area contributed by atoms with E-state index in [2.05, 4.69) is 26.6 Å². The maximum atomic E-state index is 11.8. The van der Waals surface area contributed by atoms with Crippen molar-refractivity contribution in [2.24, 2.45) is 5.92 Å². The Morgan fingerprint density at radius 2 is 1.95 bits per heavy atom. The lowest BCUT2D eigenvalue weighted by atomic mass is 10.2. The Hall–Kier alpha value is -1.56. The Kier molecular flexibility index (Phi) is 4.42. The van der Waals surface area contributed by atoms with Crippen molar-refractivity contribution in [2.45, 2.75) is 12.8 Å². The van der Waals surface area contributed by atoms with Gasteiger partial charge in [0.1, 0.15) is 5.75 Å². The first-order chi connectivity index (χ1) is 9.08. The minimum absolute atomic E-state index is 0.0551. The van der Waals surface area contributed by atoms with Crippen LogP contribution in [0.1, 0.15) is 23.2 Å². The first-order valence-corrected chi connectivity index (χ1v) is 6.91. The second-order valence-corrected chi connectivity index (χ2v) is 5.40. The van der Waals surface area contributed by atoms with Crippen molar-refractivity contribution >= 4 is 27.7 Å². The van der Waals surface area contributed by atoms with Gasteiger partial charge in [-0.05, 0) is 31.0 Å². The van der Waals surface area contributed by atoms with Crippen LogP contribution in [0.2, 0.25) is 0 Å². The Morgan fingerprint density at radius 1 is 1.26 bits per heavy atom. The average Bonchev–Trinajstić information content (AvgIpc) is 3.21.